The lowest BCUT2D eigenvalue weighted by atomic mass is 9.79. The van der Waals surface area contributed by atoms with Crippen molar-refractivity contribution in [3.8, 4) is 0 Å². The molecule has 0 atom stereocenters. The largest absolute Gasteiger partial charge is 0.481 e. The van der Waals surface area contributed by atoms with E-state index in [1.165, 1.54) is 0 Å². The maximum absolute atomic E-state index is 11.8. The second-order valence-electron chi connectivity index (χ2n) is 7.05. The van der Waals surface area contributed by atoms with E-state index in [9.17, 15) is 9.90 Å². The Labute approximate surface area is 129 Å². The van der Waals surface area contributed by atoms with E-state index in [2.05, 4.69) is 20.8 Å². The minimum atomic E-state index is -0.695. The summed E-state index contributed by atoms with van der Waals surface area (Å²) in [5.41, 5.74) is 1.20. The summed E-state index contributed by atoms with van der Waals surface area (Å²) in [6.45, 7) is 6.46. The van der Waals surface area contributed by atoms with Crippen LogP contribution >= 0.6 is 11.3 Å². The molecule has 1 aliphatic rings. The molecule has 4 heteroatoms. The fourth-order valence-electron chi connectivity index (χ4n) is 3.15. The van der Waals surface area contributed by atoms with Crippen LogP contribution in [0.3, 0.4) is 0 Å². The number of rotatable bonds is 2. The van der Waals surface area contributed by atoms with Gasteiger partial charge in [0.15, 0.2) is 0 Å². The van der Waals surface area contributed by atoms with Gasteiger partial charge in [-0.25, -0.2) is 4.98 Å². The molecule has 112 valence electrons. The van der Waals surface area contributed by atoms with Gasteiger partial charge in [0.2, 0.25) is 0 Å². The van der Waals surface area contributed by atoms with Crippen molar-refractivity contribution in [2.45, 2.75) is 57.3 Å². The molecule has 1 heterocycles. The molecule has 21 heavy (non-hydrogen) atoms. The lowest BCUT2D eigenvalue weighted by Crippen LogP contribution is -2.32. The van der Waals surface area contributed by atoms with E-state index in [0.29, 0.717) is 0 Å². The highest BCUT2D eigenvalue weighted by Gasteiger charge is 2.43. The van der Waals surface area contributed by atoms with Gasteiger partial charge in [0.1, 0.15) is 0 Å². The molecule has 3 nitrogen and oxygen atoms in total. The molecule has 0 bridgehead atoms. The molecule has 0 spiro atoms. The first kappa shape index (κ1) is 14.5. The predicted octanol–water partition coefficient (Wildman–Crippen LogP) is 4.49. The van der Waals surface area contributed by atoms with Crippen LogP contribution in [-0.2, 0) is 15.6 Å². The zero-order valence-corrected chi connectivity index (χ0v) is 13.6. The highest BCUT2D eigenvalue weighted by molar-refractivity contribution is 7.18. The molecule has 0 aliphatic heterocycles. The van der Waals surface area contributed by atoms with Crippen molar-refractivity contribution in [1.29, 1.82) is 0 Å². The van der Waals surface area contributed by atoms with Gasteiger partial charge in [-0.15, -0.1) is 11.3 Å². The van der Waals surface area contributed by atoms with Crippen LogP contribution < -0.4 is 0 Å². The maximum atomic E-state index is 11.8. The first-order valence-corrected chi connectivity index (χ1v) is 8.29. The zero-order valence-electron chi connectivity index (χ0n) is 12.8. The highest BCUT2D eigenvalue weighted by Crippen LogP contribution is 2.43. The average molecular weight is 303 g/mol. The van der Waals surface area contributed by atoms with Gasteiger partial charge in [0.25, 0.3) is 0 Å². The van der Waals surface area contributed by atoms with Crippen LogP contribution in [0.1, 0.15) is 57.0 Å². The summed E-state index contributed by atoms with van der Waals surface area (Å²) in [7, 11) is 0. The molecule has 1 N–H and O–H groups in total. The fraction of sp³-hybridized carbons (Fsp3) is 0.529. The molecule has 1 saturated carbocycles. The monoisotopic (exact) mass is 303 g/mol. The number of thiazole rings is 1. The topological polar surface area (TPSA) is 50.2 Å². The number of carbonyl (C=O) groups is 1. The van der Waals surface area contributed by atoms with Gasteiger partial charge in [-0.3, -0.25) is 4.79 Å². The lowest BCUT2D eigenvalue weighted by Gasteiger charge is -2.24. The molecule has 0 radical (unpaired) electrons. The number of carboxylic acids is 1. The van der Waals surface area contributed by atoms with Crippen LogP contribution in [-0.4, -0.2) is 16.1 Å². The Hall–Kier alpha value is -1.42. The first-order chi connectivity index (χ1) is 9.83. The van der Waals surface area contributed by atoms with Crippen LogP contribution in [0.4, 0.5) is 0 Å². The number of aromatic nitrogens is 1. The van der Waals surface area contributed by atoms with Crippen molar-refractivity contribution >= 4 is 27.5 Å². The van der Waals surface area contributed by atoms with Crippen LogP contribution in [0, 0.1) is 0 Å². The van der Waals surface area contributed by atoms with Crippen LogP contribution in [0.25, 0.3) is 10.2 Å². The van der Waals surface area contributed by atoms with Crippen LogP contribution in [0.5, 0.6) is 0 Å². The smallest absolute Gasteiger partial charge is 0.314 e. The summed E-state index contributed by atoms with van der Waals surface area (Å²) in [6, 6.07) is 6.04. The molecule has 1 fully saturated rings. The SMILES string of the molecule is CC(C)(C)c1nc2cc(C3(C(=O)O)CCCC3)ccc2s1. The number of hydrogen-bond acceptors (Lipinski definition) is 3. The fourth-order valence-corrected chi connectivity index (χ4v) is 4.15. The Balaban J connectivity index is 2.10. The number of nitrogens with zero attached hydrogens (tertiary/aromatic N) is 1. The molecule has 1 aromatic heterocycles. The Morgan fingerprint density at radius 1 is 1.29 bits per heavy atom. The Bertz CT molecular complexity index is 690. The third kappa shape index (κ3) is 2.35. The average Bonchev–Trinajstić information content (AvgIpc) is 3.04. The summed E-state index contributed by atoms with van der Waals surface area (Å²) in [4.78, 5) is 16.5. The molecule has 0 unspecified atom stereocenters. The quantitative estimate of drug-likeness (QED) is 0.889. The van der Waals surface area contributed by atoms with Gasteiger partial charge in [-0.05, 0) is 30.5 Å². The van der Waals surface area contributed by atoms with E-state index in [1.807, 2.05) is 18.2 Å². The van der Waals surface area contributed by atoms with E-state index in [4.69, 9.17) is 4.98 Å². The van der Waals surface area contributed by atoms with Crippen molar-refractivity contribution in [2.75, 3.05) is 0 Å². The Kier molecular flexibility index (Phi) is 3.32. The summed E-state index contributed by atoms with van der Waals surface area (Å²) < 4.78 is 1.14. The third-order valence-electron chi connectivity index (χ3n) is 4.45. The number of benzene rings is 1. The van der Waals surface area contributed by atoms with Crippen molar-refractivity contribution in [2.24, 2.45) is 0 Å². The van der Waals surface area contributed by atoms with Gasteiger partial charge < -0.3 is 5.11 Å². The van der Waals surface area contributed by atoms with Gasteiger partial charge in [-0.1, -0.05) is 39.7 Å². The number of fused-ring (bicyclic) bond motifs is 1. The van der Waals surface area contributed by atoms with Gasteiger partial charge >= 0.3 is 5.97 Å². The van der Waals surface area contributed by atoms with Crippen molar-refractivity contribution in [1.82, 2.24) is 4.98 Å². The number of carboxylic acid groups (broad SMARTS) is 1. The molecular weight excluding hydrogens is 282 g/mol. The number of hydrogen-bond donors (Lipinski definition) is 1. The summed E-state index contributed by atoms with van der Waals surface area (Å²) in [5.74, 6) is -0.689. The van der Waals surface area contributed by atoms with E-state index in [0.717, 1.165) is 46.5 Å². The standard InChI is InChI=1S/C17H21NO2S/c1-16(2,3)14-18-12-10-11(6-7-13(12)21-14)17(15(19)20)8-4-5-9-17/h6-7,10H,4-5,8-9H2,1-3H3,(H,19,20). The first-order valence-electron chi connectivity index (χ1n) is 7.48. The summed E-state index contributed by atoms with van der Waals surface area (Å²) in [6.07, 6.45) is 3.47. The molecule has 3 rings (SSSR count). The molecule has 1 aliphatic carbocycles. The van der Waals surface area contributed by atoms with Crippen molar-refractivity contribution in [3.05, 3.63) is 28.8 Å². The predicted molar refractivity (Wildman–Crippen MR) is 86.1 cm³/mol. The number of aliphatic carboxylic acids is 1. The minimum absolute atomic E-state index is 0.0295. The molecule has 1 aromatic carbocycles. The molecule has 0 saturated heterocycles. The van der Waals surface area contributed by atoms with E-state index in [1.54, 1.807) is 11.3 Å². The van der Waals surface area contributed by atoms with Crippen molar-refractivity contribution in [3.63, 3.8) is 0 Å². The normalized spacial score (nSPS) is 18.2. The van der Waals surface area contributed by atoms with Crippen molar-refractivity contribution < 1.29 is 9.90 Å². The van der Waals surface area contributed by atoms with Gasteiger partial charge in [0.05, 0.1) is 20.6 Å². The minimum Gasteiger partial charge on any atom is -0.481 e. The van der Waals surface area contributed by atoms with Crippen LogP contribution in [0.2, 0.25) is 0 Å². The van der Waals surface area contributed by atoms with Crippen LogP contribution in [0.15, 0.2) is 18.2 Å². The maximum Gasteiger partial charge on any atom is 0.314 e. The van der Waals surface area contributed by atoms with E-state index < -0.39 is 11.4 Å². The zero-order chi connectivity index (χ0) is 15.3. The Morgan fingerprint density at radius 3 is 2.52 bits per heavy atom. The van der Waals surface area contributed by atoms with Gasteiger partial charge in [-0.2, -0.15) is 0 Å². The molecule has 2 aromatic rings. The summed E-state index contributed by atoms with van der Waals surface area (Å²) >= 11 is 1.70. The van der Waals surface area contributed by atoms with E-state index in [-0.39, 0.29) is 5.41 Å². The second-order valence-corrected chi connectivity index (χ2v) is 8.08. The van der Waals surface area contributed by atoms with Gasteiger partial charge in [0, 0.05) is 5.41 Å². The van der Waals surface area contributed by atoms with E-state index >= 15 is 0 Å². The Morgan fingerprint density at radius 2 is 1.95 bits per heavy atom. The molecule has 0 amide bonds. The second kappa shape index (κ2) is 4.80. The third-order valence-corrected chi connectivity index (χ3v) is 5.91. The lowest BCUT2D eigenvalue weighted by molar-refractivity contribution is -0.143. The highest BCUT2D eigenvalue weighted by atomic mass is 32.1. The summed E-state index contributed by atoms with van der Waals surface area (Å²) in [5, 5.41) is 10.8. The molecular formula is C17H21NO2S.